The highest BCUT2D eigenvalue weighted by molar-refractivity contribution is 5.95. The Kier molecular flexibility index (Phi) is 7.59. The number of carbonyl (C=O) groups excluding carboxylic acids is 1. The number of nitro benzene ring substituents is 1. The number of nitrogens with zero attached hydrogens (tertiary/aromatic N) is 4. The molecule has 0 fully saturated rings. The summed E-state index contributed by atoms with van der Waals surface area (Å²) in [6.45, 7) is 1.55. The minimum atomic E-state index is -0.980. The Hall–Kier alpha value is -4.68. The quantitative estimate of drug-likeness (QED) is 0.252. The van der Waals surface area contributed by atoms with E-state index in [1.165, 1.54) is 20.3 Å². The lowest BCUT2D eigenvalue weighted by atomic mass is 10.1. The molecule has 0 unspecified atom stereocenters. The first-order valence-electron chi connectivity index (χ1n) is 9.93. The average Bonchev–Trinajstić information content (AvgIpc) is 2.82. The summed E-state index contributed by atoms with van der Waals surface area (Å²) >= 11 is 0. The van der Waals surface area contributed by atoms with Gasteiger partial charge in [-0.2, -0.15) is 15.0 Å². The molecule has 0 spiro atoms. The van der Waals surface area contributed by atoms with Crippen LogP contribution in [0, 0.1) is 10.1 Å². The lowest BCUT2D eigenvalue weighted by Gasteiger charge is -2.12. The second-order valence-electron chi connectivity index (χ2n) is 6.55. The predicted molar refractivity (Wildman–Crippen MR) is 120 cm³/mol. The molecule has 3 rings (SSSR count). The smallest absolute Gasteiger partial charge is 0.345 e. The molecule has 3 N–H and O–H groups in total. The molecule has 1 aromatic heterocycles. The van der Waals surface area contributed by atoms with E-state index in [2.05, 4.69) is 20.3 Å². The molecule has 34 heavy (non-hydrogen) atoms. The number of nitro groups is 1. The fourth-order valence-electron chi connectivity index (χ4n) is 2.93. The second-order valence-corrected chi connectivity index (χ2v) is 6.55. The molecule has 0 saturated carbocycles. The Morgan fingerprint density at radius 2 is 1.82 bits per heavy atom. The van der Waals surface area contributed by atoms with E-state index >= 15 is 0 Å². The average molecular weight is 470 g/mol. The van der Waals surface area contributed by atoms with Gasteiger partial charge in [-0.3, -0.25) is 10.1 Å². The molecule has 0 radical (unpaired) electrons. The van der Waals surface area contributed by atoms with Crippen molar-refractivity contribution in [3.05, 3.63) is 57.9 Å². The zero-order valence-corrected chi connectivity index (χ0v) is 18.6. The van der Waals surface area contributed by atoms with Crippen LogP contribution >= 0.6 is 0 Å². The topological polar surface area (TPSA) is 174 Å². The molecule has 0 aliphatic carbocycles. The van der Waals surface area contributed by atoms with Crippen LogP contribution in [0.5, 0.6) is 17.2 Å². The lowest BCUT2D eigenvalue weighted by Crippen LogP contribution is -2.13. The van der Waals surface area contributed by atoms with Crippen molar-refractivity contribution < 1.29 is 28.7 Å². The predicted octanol–water partition coefficient (Wildman–Crippen LogP) is 2.88. The Labute approximate surface area is 194 Å². The van der Waals surface area contributed by atoms with E-state index in [1.807, 2.05) is 0 Å². The number of aromatic nitrogens is 3. The van der Waals surface area contributed by atoms with Gasteiger partial charge in [-0.05, 0) is 19.1 Å². The first-order valence-corrected chi connectivity index (χ1v) is 9.93. The van der Waals surface area contributed by atoms with Gasteiger partial charge in [0.1, 0.15) is 11.3 Å². The molecule has 0 amide bonds. The number of nitrogens with one attached hydrogen (secondary N) is 1. The van der Waals surface area contributed by atoms with Crippen LogP contribution < -0.4 is 25.3 Å². The molecule has 13 heteroatoms. The Balaban J connectivity index is 1.81. The summed E-state index contributed by atoms with van der Waals surface area (Å²) in [4.78, 5) is 35.6. The number of ether oxygens (including phenoxy) is 4. The molecule has 0 atom stereocenters. The van der Waals surface area contributed by atoms with E-state index in [0.29, 0.717) is 11.4 Å². The number of nitrogens with two attached hydrogens (primary N) is 1. The van der Waals surface area contributed by atoms with Crippen molar-refractivity contribution in [3.8, 4) is 17.2 Å². The number of esters is 1. The first-order chi connectivity index (χ1) is 16.4. The maximum atomic E-state index is 12.7. The van der Waals surface area contributed by atoms with Crippen LogP contribution in [0.1, 0.15) is 23.1 Å². The van der Waals surface area contributed by atoms with Gasteiger partial charge in [0.15, 0.2) is 23.9 Å². The van der Waals surface area contributed by atoms with Crippen molar-refractivity contribution in [2.75, 3.05) is 31.9 Å². The number of hydrogen-bond acceptors (Lipinski definition) is 12. The number of para-hydroxylation sites is 2. The van der Waals surface area contributed by atoms with Crippen molar-refractivity contribution in [1.29, 1.82) is 0 Å². The summed E-state index contributed by atoms with van der Waals surface area (Å²) in [5, 5.41) is 14.5. The summed E-state index contributed by atoms with van der Waals surface area (Å²) in [6, 6.07) is 9.36. The van der Waals surface area contributed by atoms with Crippen LogP contribution in [0.3, 0.4) is 0 Å². The number of methoxy groups -OCH3 is 2. The summed E-state index contributed by atoms with van der Waals surface area (Å²) in [7, 11) is 2.87. The molecule has 1 heterocycles. The Morgan fingerprint density at radius 1 is 1.09 bits per heavy atom. The minimum Gasteiger partial charge on any atom is -0.495 e. The van der Waals surface area contributed by atoms with Gasteiger partial charge in [-0.15, -0.1) is 0 Å². The molecule has 178 valence electrons. The highest BCUT2D eigenvalue weighted by Crippen LogP contribution is 2.35. The molecule has 0 aliphatic heterocycles. The maximum Gasteiger partial charge on any atom is 0.345 e. The number of nitrogen functional groups attached to an aromatic ring is 1. The van der Waals surface area contributed by atoms with Gasteiger partial charge in [-0.25, -0.2) is 4.79 Å². The Morgan fingerprint density at radius 3 is 2.50 bits per heavy atom. The highest BCUT2D eigenvalue weighted by atomic mass is 16.6. The minimum absolute atomic E-state index is 0.0267. The number of rotatable bonds is 10. The van der Waals surface area contributed by atoms with Gasteiger partial charge in [0.05, 0.1) is 37.5 Å². The molecular weight excluding hydrogens is 448 g/mol. The third-order valence-electron chi connectivity index (χ3n) is 4.38. The first kappa shape index (κ1) is 24.0. The number of anilines is 3. The molecule has 0 saturated heterocycles. The Bertz CT molecular complexity index is 1200. The number of carbonyl (C=O) groups is 1. The SMILES string of the molecule is CCOc1cc([N+](=O)[O-])c(C(=O)OCc2nc(N)nc(Nc3ccccc3OC)n2)cc1OC. The monoisotopic (exact) mass is 470 g/mol. The van der Waals surface area contributed by atoms with Gasteiger partial charge in [0, 0.05) is 6.07 Å². The van der Waals surface area contributed by atoms with Crippen molar-refractivity contribution in [2.45, 2.75) is 13.5 Å². The van der Waals surface area contributed by atoms with Gasteiger partial charge >= 0.3 is 5.97 Å². The van der Waals surface area contributed by atoms with E-state index < -0.39 is 23.2 Å². The number of benzene rings is 2. The molecule has 0 bridgehead atoms. The van der Waals surface area contributed by atoms with Crippen molar-refractivity contribution >= 4 is 29.2 Å². The zero-order chi connectivity index (χ0) is 24.7. The van der Waals surface area contributed by atoms with Gasteiger partial charge < -0.3 is 30.0 Å². The van der Waals surface area contributed by atoms with E-state index in [-0.39, 0.29) is 41.4 Å². The van der Waals surface area contributed by atoms with Crippen molar-refractivity contribution in [1.82, 2.24) is 15.0 Å². The van der Waals surface area contributed by atoms with Crippen LogP contribution in [0.25, 0.3) is 0 Å². The maximum absolute atomic E-state index is 12.7. The van der Waals surface area contributed by atoms with Crippen LogP contribution in [-0.2, 0) is 11.3 Å². The normalized spacial score (nSPS) is 10.3. The summed E-state index contributed by atoms with van der Waals surface area (Å²) in [6.07, 6.45) is 0. The number of hydrogen-bond donors (Lipinski definition) is 2. The third-order valence-corrected chi connectivity index (χ3v) is 4.38. The largest absolute Gasteiger partial charge is 0.495 e. The van der Waals surface area contributed by atoms with Crippen LogP contribution in [0.2, 0.25) is 0 Å². The second kappa shape index (κ2) is 10.8. The fraction of sp³-hybridized carbons (Fsp3) is 0.238. The molecule has 2 aromatic carbocycles. The van der Waals surface area contributed by atoms with E-state index in [0.717, 1.165) is 6.07 Å². The molecular formula is C21H22N6O7. The van der Waals surface area contributed by atoms with Crippen LogP contribution in [-0.4, -0.2) is 46.7 Å². The summed E-state index contributed by atoms with van der Waals surface area (Å²) in [5.74, 6) is -0.155. The molecule has 3 aromatic rings. The third kappa shape index (κ3) is 5.56. The molecule has 0 aliphatic rings. The highest BCUT2D eigenvalue weighted by Gasteiger charge is 2.26. The van der Waals surface area contributed by atoms with Gasteiger partial charge in [-0.1, -0.05) is 12.1 Å². The standard InChI is InChI=1S/C21H22N6O7/c1-4-33-17-10-14(27(29)30)12(9-16(17)32-3)19(28)34-11-18-24-20(22)26-21(25-18)23-13-7-5-6-8-15(13)31-2/h5-10H,4,11H2,1-3H3,(H3,22,23,24,25,26). The van der Waals surface area contributed by atoms with Crippen LogP contribution in [0.15, 0.2) is 36.4 Å². The molecule has 13 nitrogen and oxygen atoms in total. The van der Waals surface area contributed by atoms with Crippen molar-refractivity contribution in [3.63, 3.8) is 0 Å². The summed E-state index contributed by atoms with van der Waals surface area (Å²) < 4.78 is 21.0. The zero-order valence-electron chi connectivity index (χ0n) is 18.6. The van der Waals surface area contributed by atoms with E-state index in [9.17, 15) is 14.9 Å². The summed E-state index contributed by atoms with van der Waals surface area (Å²) in [5.41, 5.74) is 5.52. The lowest BCUT2D eigenvalue weighted by molar-refractivity contribution is -0.385. The van der Waals surface area contributed by atoms with Crippen LogP contribution in [0.4, 0.5) is 23.3 Å². The van der Waals surface area contributed by atoms with E-state index in [4.69, 9.17) is 24.7 Å². The van der Waals surface area contributed by atoms with Gasteiger partial charge in [0.2, 0.25) is 11.9 Å². The van der Waals surface area contributed by atoms with E-state index in [1.54, 1.807) is 31.2 Å². The van der Waals surface area contributed by atoms with Gasteiger partial charge in [0.25, 0.3) is 5.69 Å². The van der Waals surface area contributed by atoms with Crippen molar-refractivity contribution in [2.24, 2.45) is 0 Å². The fourth-order valence-corrected chi connectivity index (χ4v) is 2.93.